The molecule has 0 bridgehead atoms. The molecule has 0 aromatic carbocycles. The van der Waals surface area contributed by atoms with Crippen LogP contribution >= 0.6 is 15.9 Å². The van der Waals surface area contributed by atoms with Crippen molar-refractivity contribution in [1.82, 2.24) is 10.6 Å². The van der Waals surface area contributed by atoms with Crippen LogP contribution < -0.4 is 10.6 Å². The third-order valence-corrected chi connectivity index (χ3v) is 2.29. The zero-order valence-corrected chi connectivity index (χ0v) is 6.85. The Labute approximate surface area is 67.8 Å². The van der Waals surface area contributed by atoms with Gasteiger partial charge in [0.1, 0.15) is 6.17 Å². The van der Waals surface area contributed by atoms with Crippen molar-refractivity contribution in [3.63, 3.8) is 0 Å². The first kappa shape index (κ1) is 6.04. The Morgan fingerprint density at radius 2 is 2.30 bits per heavy atom. The van der Waals surface area contributed by atoms with E-state index in [1.807, 2.05) is 18.5 Å². The van der Waals surface area contributed by atoms with Crippen LogP contribution in [0.15, 0.2) is 34.6 Å². The van der Waals surface area contributed by atoms with Crippen molar-refractivity contribution in [3.8, 4) is 0 Å². The second-order valence-electron chi connectivity index (χ2n) is 2.24. The molecule has 0 saturated heterocycles. The first-order valence-corrected chi connectivity index (χ1v) is 3.92. The van der Waals surface area contributed by atoms with Crippen molar-refractivity contribution in [2.45, 2.75) is 6.17 Å². The molecule has 0 fully saturated rings. The summed E-state index contributed by atoms with van der Waals surface area (Å²) in [4.78, 5) is 0. The lowest BCUT2D eigenvalue weighted by atomic mass is 10.2. The van der Waals surface area contributed by atoms with Crippen LogP contribution in [-0.4, -0.2) is 6.17 Å². The minimum Gasteiger partial charge on any atom is -0.368 e. The van der Waals surface area contributed by atoms with Gasteiger partial charge in [-0.1, -0.05) is 6.08 Å². The summed E-state index contributed by atoms with van der Waals surface area (Å²) in [6.45, 7) is 0. The molecule has 2 aliphatic heterocycles. The van der Waals surface area contributed by atoms with Crippen LogP contribution in [0.3, 0.4) is 0 Å². The van der Waals surface area contributed by atoms with Crippen molar-refractivity contribution in [2.75, 3.05) is 0 Å². The first-order valence-electron chi connectivity index (χ1n) is 3.13. The number of nitrogens with one attached hydrogen (secondary N) is 2. The van der Waals surface area contributed by atoms with Gasteiger partial charge in [-0.25, -0.2) is 0 Å². The van der Waals surface area contributed by atoms with Crippen LogP contribution in [0, 0.1) is 0 Å². The SMILES string of the molecule is BrC1=CNC2NC=CC=C12. The normalized spacial score (nSPS) is 27.9. The van der Waals surface area contributed by atoms with E-state index in [1.165, 1.54) is 5.57 Å². The topological polar surface area (TPSA) is 24.1 Å². The summed E-state index contributed by atoms with van der Waals surface area (Å²) >= 11 is 3.44. The maximum atomic E-state index is 3.44. The van der Waals surface area contributed by atoms with E-state index >= 15 is 0 Å². The van der Waals surface area contributed by atoms with Gasteiger partial charge in [0.2, 0.25) is 0 Å². The molecule has 2 N–H and O–H groups in total. The fraction of sp³-hybridized carbons (Fsp3) is 0.143. The molecule has 2 nitrogen and oxygen atoms in total. The minimum absolute atomic E-state index is 0.277. The molecule has 0 saturated carbocycles. The van der Waals surface area contributed by atoms with Gasteiger partial charge in [-0.15, -0.1) is 0 Å². The molecule has 10 heavy (non-hydrogen) atoms. The van der Waals surface area contributed by atoms with Gasteiger partial charge in [0.05, 0.1) is 0 Å². The summed E-state index contributed by atoms with van der Waals surface area (Å²) in [6, 6.07) is 0. The lowest BCUT2D eigenvalue weighted by Crippen LogP contribution is -2.35. The van der Waals surface area contributed by atoms with E-state index in [2.05, 4.69) is 32.6 Å². The highest BCUT2D eigenvalue weighted by Crippen LogP contribution is 2.25. The van der Waals surface area contributed by atoms with E-state index in [0.29, 0.717) is 0 Å². The molecular weight excluding hydrogens is 192 g/mol. The van der Waals surface area contributed by atoms with Crippen LogP contribution in [0.4, 0.5) is 0 Å². The monoisotopic (exact) mass is 198 g/mol. The Morgan fingerprint density at radius 3 is 3.10 bits per heavy atom. The van der Waals surface area contributed by atoms with Gasteiger partial charge in [0, 0.05) is 16.3 Å². The third-order valence-electron chi connectivity index (χ3n) is 1.60. The molecule has 52 valence electrons. The van der Waals surface area contributed by atoms with Gasteiger partial charge in [-0.2, -0.15) is 0 Å². The average Bonchev–Trinajstić information content (AvgIpc) is 2.34. The maximum Gasteiger partial charge on any atom is 0.123 e. The standard InChI is InChI=1S/C7H7BrN2/c8-6-4-10-7-5(6)2-1-3-9-7/h1-4,7,9-10H. The summed E-state index contributed by atoms with van der Waals surface area (Å²) in [6.07, 6.45) is 8.24. The Bertz CT molecular complexity index is 240. The van der Waals surface area contributed by atoms with Gasteiger partial charge in [0.15, 0.2) is 0 Å². The van der Waals surface area contributed by atoms with Crippen molar-refractivity contribution < 1.29 is 0 Å². The molecule has 2 rings (SSSR count). The molecule has 1 unspecified atom stereocenters. The van der Waals surface area contributed by atoms with E-state index in [4.69, 9.17) is 0 Å². The summed E-state index contributed by atoms with van der Waals surface area (Å²) in [7, 11) is 0. The Morgan fingerprint density at radius 1 is 1.40 bits per heavy atom. The Balaban J connectivity index is 2.34. The number of dihydropyridines is 1. The van der Waals surface area contributed by atoms with Crippen LogP contribution in [0.2, 0.25) is 0 Å². The number of allylic oxidation sites excluding steroid dienone is 2. The fourth-order valence-corrected chi connectivity index (χ4v) is 1.58. The first-order chi connectivity index (χ1) is 4.88. The van der Waals surface area contributed by atoms with Crippen molar-refractivity contribution >= 4 is 15.9 Å². The second-order valence-corrected chi connectivity index (χ2v) is 3.09. The molecule has 0 radical (unpaired) electrons. The highest BCUT2D eigenvalue weighted by atomic mass is 79.9. The lowest BCUT2D eigenvalue weighted by molar-refractivity contribution is 0.634. The smallest absolute Gasteiger partial charge is 0.123 e. The van der Waals surface area contributed by atoms with Gasteiger partial charge in [0.25, 0.3) is 0 Å². The molecule has 3 heteroatoms. The predicted octanol–water partition coefficient (Wildman–Crippen LogP) is 1.20. The molecule has 2 heterocycles. The van der Waals surface area contributed by atoms with E-state index in [9.17, 15) is 0 Å². The van der Waals surface area contributed by atoms with Crippen LogP contribution in [0.5, 0.6) is 0 Å². The summed E-state index contributed by atoms with van der Waals surface area (Å²) in [5.74, 6) is 0. The van der Waals surface area contributed by atoms with Gasteiger partial charge in [-0.3, -0.25) is 0 Å². The largest absolute Gasteiger partial charge is 0.368 e. The van der Waals surface area contributed by atoms with Crippen LogP contribution in [0.25, 0.3) is 0 Å². The second kappa shape index (κ2) is 2.16. The Kier molecular flexibility index (Phi) is 1.31. The number of fused-ring (bicyclic) bond motifs is 1. The minimum atomic E-state index is 0.277. The summed E-state index contributed by atoms with van der Waals surface area (Å²) < 4.78 is 1.13. The maximum absolute atomic E-state index is 3.44. The van der Waals surface area contributed by atoms with Crippen LogP contribution in [0.1, 0.15) is 0 Å². The zero-order chi connectivity index (χ0) is 6.97. The highest BCUT2D eigenvalue weighted by molar-refractivity contribution is 9.12. The molecule has 0 amide bonds. The fourth-order valence-electron chi connectivity index (χ4n) is 1.08. The van der Waals surface area contributed by atoms with E-state index < -0.39 is 0 Å². The molecule has 0 spiro atoms. The van der Waals surface area contributed by atoms with Crippen LogP contribution in [-0.2, 0) is 0 Å². The molecule has 2 aliphatic rings. The molecule has 0 aromatic heterocycles. The third kappa shape index (κ3) is 0.778. The summed E-state index contributed by atoms with van der Waals surface area (Å²) in [5.41, 5.74) is 1.27. The lowest BCUT2D eigenvalue weighted by Gasteiger charge is -2.16. The van der Waals surface area contributed by atoms with Crippen molar-refractivity contribution in [1.29, 1.82) is 0 Å². The van der Waals surface area contributed by atoms with E-state index in [-0.39, 0.29) is 6.17 Å². The van der Waals surface area contributed by atoms with Gasteiger partial charge < -0.3 is 10.6 Å². The van der Waals surface area contributed by atoms with E-state index in [1.54, 1.807) is 0 Å². The molecule has 1 atom stereocenters. The average molecular weight is 199 g/mol. The zero-order valence-electron chi connectivity index (χ0n) is 5.26. The predicted molar refractivity (Wildman–Crippen MR) is 44.3 cm³/mol. The number of hydrogen-bond acceptors (Lipinski definition) is 2. The molecule has 0 aliphatic carbocycles. The quantitative estimate of drug-likeness (QED) is 0.612. The van der Waals surface area contributed by atoms with Crippen molar-refractivity contribution in [2.24, 2.45) is 0 Å². The number of rotatable bonds is 0. The molecular formula is C7H7BrN2. The van der Waals surface area contributed by atoms with E-state index in [0.717, 1.165) is 4.48 Å². The highest BCUT2D eigenvalue weighted by Gasteiger charge is 2.20. The van der Waals surface area contributed by atoms with Gasteiger partial charge in [-0.05, 0) is 28.2 Å². The van der Waals surface area contributed by atoms with Gasteiger partial charge >= 0.3 is 0 Å². The number of halogens is 1. The summed E-state index contributed by atoms with van der Waals surface area (Å²) in [5, 5.41) is 6.34. The molecule has 0 aromatic rings. The number of hydrogen-bond donors (Lipinski definition) is 2. The van der Waals surface area contributed by atoms with Crippen molar-refractivity contribution in [3.05, 3.63) is 34.6 Å². The Hall–Kier alpha value is -0.700.